The summed E-state index contributed by atoms with van der Waals surface area (Å²) in [7, 11) is 0. The first-order valence-corrected chi connectivity index (χ1v) is 9.97. The van der Waals surface area contributed by atoms with Crippen LogP contribution in [0.5, 0.6) is 0 Å². The van der Waals surface area contributed by atoms with Crippen molar-refractivity contribution >= 4 is 11.8 Å². The van der Waals surface area contributed by atoms with Crippen molar-refractivity contribution in [2.75, 3.05) is 68.8 Å². The van der Waals surface area contributed by atoms with E-state index >= 15 is 0 Å². The quantitative estimate of drug-likeness (QED) is 0.805. The maximum absolute atomic E-state index is 5.46. The number of piperazine rings is 1. The lowest BCUT2D eigenvalue weighted by Gasteiger charge is -2.35. The minimum atomic E-state index is 0.776. The summed E-state index contributed by atoms with van der Waals surface area (Å²) >= 11 is 0. The van der Waals surface area contributed by atoms with Crippen LogP contribution in [0.15, 0.2) is 36.4 Å². The lowest BCUT2D eigenvalue weighted by molar-refractivity contribution is 0.122. The van der Waals surface area contributed by atoms with Gasteiger partial charge in [-0.1, -0.05) is 30.3 Å². The van der Waals surface area contributed by atoms with E-state index < -0.39 is 0 Å². The molecule has 2 aromatic rings. The molecular formula is C21H29N5O. The van der Waals surface area contributed by atoms with Crippen molar-refractivity contribution < 1.29 is 4.74 Å². The zero-order valence-electron chi connectivity index (χ0n) is 16.2. The third-order valence-corrected chi connectivity index (χ3v) is 5.38. The fraction of sp³-hybridized carbons (Fsp3) is 0.524. The van der Waals surface area contributed by atoms with Gasteiger partial charge in [0.25, 0.3) is 0 Å². The van der Waals surface area contributed by atoms with Crippen LogP contribution in [0.1, 0.15) is 11.3 Å². The molecule has 0 unspecified atom stereocenters. The lowest BCUT2D eigenvalue weighted by atomic mass is 10.1. The van der Waals surface area contributed by atoms with Crippen molar-refractivity contribution in [2.45, 2.75) is 13.3 Å². The summed E-state index contributed by atoms with van der Waals surface area (Å²) in [6, 6.07) is 12.8. The molecule has 6 heteroatoms. The molecule has 2 aliphatic rings. The average molecular weight is 367 g/mol. The predicted octanol–water partition coefficient (Wildman–Crippen LogP) is 1.99. The molecular weight excluding hydrogens is 338 g/mol. The Kier molecular flexibility index (Phi) is 5.84. The molecule has 6 nitrogen and oxygen atoms in total. The third-order valence-electron chi connectivity index (χ3n) is 5.38. The van der Waals surface area contributed by atoms with E-state index in [0.29, 0.717) is 0 Å². The second kappa shape index (κ2) is 8.67. The molecule has 0 spiro atoms. The van der Waals surface area contributed by atoms with Crippen LogP contribution in [0.2, 0.25) is 0 Å². The SMILES string of the molecule is Cc1cc(N2CCOCC2)nc(N2CCN(CCc3ccccc3)CC2)n1. The molecule has 3 heterocycles. The first kappa shape index (κ1) is 18.2. The summed E-state index contributed by atoms with van der Waals surface area (Å²) in [5.41, 5.74) is 2.45. The van der Waals surface area contributed by atoms with Crippen molar-refractivity contribution in [3.63, 3.8) is 0 Å². The van der Waals surface area contributed by atoms with Gasteiger partial charge < -0.3 is 14.5 Å². The molecule has 0 saturated carbocycles. The highest BCUT2D eigenvalue weighted by molar-refractivity contribution is 5.46. The summed E-state index contributed by atoms with van der Waals surface area (Å²) in [6.45, 7) is 10.6. The Morgan fingerprint density at radius 2 is 1.63 bits per heavy atom. The molecule has 2 saturated heterocycles. The Morgan fingerprint density at radius 3 is 2.37 bits per heavy atom. The number of anilines is 2. The number of aromatic nitrogens is 2. The number of ether oxygens (including phenoxy) is 1. The van der Waals surface area contributed by atoms with Gasteiger partial charge in [0, 0.05) is 57.6 Å². The monoisotopic (exact) mass is 367 g/mol. The Labute approximate surface area is 161 Å². The molecule has 2 aliphatic heterocycles. The van der Waals surface area contributed by atoms with E-state index in [1.807, 2.05) is 0 Å². The van der Waals surface area contributed by atoms with E-state index in [2.05, 4.69) is 58.0 Å². The molecule has 2 fully saturated rings. The Morgan fingerprint density at radius 1 is 0.889 bits per heavy atom. The van der Waals surface area contributed by atoms with Gasteiger partial charge in [0.1, 0.15) is 5.82 Å². The molecule has 27 heavy (non-hydrogen) atoms. The molecule has 0 aliphatic carbocycles. The topological polar surface area (TPSA) is 44.7 Å². The molecule has 0 bridgehead atoms. The molecule has 0 atom stereocenters. The van der Waals surface area contributed by atoms with E-state index in [-0.39, 0.29) is 0 Å². The van der Waals surface area contributed by atoms with Gasteiger partial charge in [-0.2, -0.15) is 4.98 Å². The fourth-order valence-electron chi connectivity index (χ4n) is 3.74. The first-order chi connectivity index (χ1) is 13.3. The van der Waals surface area contributed by atoms with Crippen LogP contribution in [0.3, 0.4) is 0 Å². The van der Waals surface area contributed by atoms with Crippen molar-refractivity contribution in [3.05, 3.63) is 47.7 Å². The molecule has 4 rings (SSSR count). The van der Waals surface area contributed by atoms with Crippen LogP contribution in [0, 0.1) is 6.92 Å². The largest absolute Gasteiger partial charge is 0.378 e. The standard InChI is InChI=1S/C21H29N5O/c1-18-17-20(25-13-15-27-16-14-25)23-21(22-18)26-11-9-24(10-12-26)8-7-19-5-3-2-4-6-19/h2-6,17H,7-16H2,1H3. The summed E-state index contributed by atoms with van der Waals surface area (Å²) in [6.07, 6.45) is 1.11. The zero-order chi connectivity index (χ0) is 18.5. The Balaban J connectivity index is 1.34. The molecule has 1 aromatic heterocycles. The van der Waals surface area contributed by atoms with Crippen LogP contribution >= 0.6 is 0 Å². The highest BCUT2D eigenvalue weighted by atomic mass is 16.5. The maximum Gasteiger partial charge on any atom is 0.227 e. The Hall–Kier alpha value is -2.18. The van der Waals surface area contributed by atoms with Gasteiger partial charge >= 0.3 is 0 Å². The van der Waals surface area contributed by atoms with Gasteiger partial charge in [0.15, 0.2) is 0 Å². The fourth-order valence-corrected chi connectivity index (χ4v) is 3.74. The van der Waals surface area contributed by atoms with E-state index in [1.54, 1.807) is 0 Å². The zero-order valence-corrected chi connectivity index (χ0v) is 16.2. The second-order valence-electron chi connectivity index (χ2n) is 7.33. The summed E-state index contributed by atoms with van der Waals surface area (Å²) in [5.74, 6) is 1.91. The van der Waals surface area contributed by atoms with Gasteiger partial charge in [0.05, 0.1) is 13.2 Å². The van der Waals surface area contributed by atoms with E-state index in [1.165, 1.54) is 5.56 Å². The molecule has 0 radical (unpaired) electrons. The number of benzene rings is 1. The highest BCUT2D eigenvalue weighted by Crippen LogP contribution is 2.19. The summed E-state index contributed by atoms with van der Waals surface area (Å²) in [5, 5.41) is 0. The summed E-state index contributed by atoms with van der Waals surface area (Å²) in [4.78, 5) is 16.8. The first-order valence-electron chi connectivity index (χ1n) is 9.97. The van der Waals surface area contributed by atoms with E-state index in [0.717, 1.165) is 82.9 Å². The van der Waals surface area contributed by atoms with Crippen LogP contribution < -0.4 is 9.80 Å². The van der Waals surface area contributed by atoms with Crippen LogP contribution in [-0.2, 0) is 11.2 Å². The van der Waals surface area contributed by atoms with Gasteiger partial charge in [-0.3, -0.25) is 4.90 Å². The van der Waals surface area contributed by atoms with Crippen LogP contribution in [-0.4, -0.2) is 73.9 Å². The van der Waals surface area contributed by atoms with E-state index in [9.17, 15) is 0 Å². The van der Waals surface area contributed by atoms with Crippen molar-refractivity contribution in [1.82, 2.24) is 14.9 Å². The second-order valence-corrected chi connectivity index (χ2v) is 7.33. The number of rotatable bonds is 5. The maximum atomic E-state index is 5.46. The van der Waals surface area contributed by atoms with Gasteiger partial charge in [-0.15, -0.1) is 0 Å². The number of morpholine rings is 1. The van der Waals surface area contributed by atoms with Crippen molar-refractivity contribution in [2.24, 2.45) is 0 Å². The minimum absolute atomic E-state index is 0.776. The van der Waals surface area contributed by atoms with Crippen LogP contribution in [0.4, 0.5) is 11.8 Å². The summed E-state index contributed by atoms with van der Waals surface area (Å²) < 4.78 is 5.46. The number of nitrogens with zero attached hydrogens (tertiary/aromatic N) is 5. The predicted molar refractivity (Wildman–Crippen MR) is 109 cm³/mol. The van der Waals surface area contributed by atoms with Crippen LogP contribution in [0.25, 0.3) is 0 Å². The molecule has 144 valence electrons. The average Bonchev–Trinajstić information content (AvgIpc) is 2.73. The smallest absolute Gasteiger partial charge is 0.227 e. The minimum Gasteiger partial charge on any atom is -0.378 e. The van der Waals surface area contributed by atoms with Crippen molar-refractivity contribution in [3.8, 4) is 0 Å². The number of hydrogen-bond donors (Lipinski definition) is 0. The molecule has 0 amide bonds. The van der Waals surface area contributed by atoms with Gasteiger partial charge in [0.2, 0.25) is 5.95 Å². The normalized spacial score (nSPS) is 18.7. The van der Waals surface area contributed by atoms with Gasteiger partial charge in [-0.05, 0) is 18.9 Å². The highest BCUT2D eigenvalue weighted by Gasteiger charge is 2.21. The van der Waals surface area contributed by atoms with Gasteiger partial charge in [-0.25, -0.2) is 4.98 Å². The number of aryl methyl sites for hydroxylation is 1. The molecule has 0 N–H and O–H groups in total. The molecule has 1 aromatic carbocycles. The Bertz CT molecular complexity index is 725. The number of hydrogen-bond acceptors (Lipinski definition) is 6. The third kappa shape index (κ3) is 4.76. The lowest BCUT2D eigenvalue weighted by Crippen LogP contribution is -2.47. The van der Waals surface area contributed by atoms with Crippen molar-refractivity contribution in [1.29, 1.82) is 0 Å². The van der Waals surface area contributed by atoms with E-state index in [4.69, 9.17) is 14.7 Å².